The molecule has 0 aromatic heterocycles. The summed E-state index contributed by atoms with van der Waals surface area (Å²) < 4.78 is 11.3. The lowest BCUT2D eigenvalue weighted by molar-refractivity contribution is 0.135. The molecule has 0 saturated carbocycles. The Morgan fingerprint density at radius 3 is 2.82 bits per heavy atom. The van der Waals surface area contributed by atoms with Crippen LogP contribution in [0.25, 0.3) is 0 Å². The van der Waals surface area contributed by atoms with Gasteiger partial charge in [-0.2, -0.15) is 0 Å². The van der Waals surface area contributed by atoms with Crippen LogP contribution in [-0.4, -0.2) is 52.3 Å². The van der Waals surface area contributed by atoms with Gasteiger partial charge in [0.1, 0.15) is 0 Å². The lowest BCUT2D eigenvalue weighted by Gasteiger charge is -2.39. The first-order valence-electron chi connectivity index (χ1n) is 6.84. The van der Waals surface area contributed by atoms with E-state index in [0.717, 1.165) is 26.1 Å². The molecule has 0 aliphatic carbocycles. The van der Waals surface area contributed by atoms with Crippen LogP contribution in [0.15, 0.2) is 0 Å². The second kappa shape index (κ2) is 7.49. The molecular formula is C13H28N2OS. The van der Waals surface area contributed by atoms with Crippen molar-refractivity contribution < 1.29 is 4.21 Å². The fraction of sp³-hybridized carbons (Fsp3) is 1.00. The first-order valence-corrected chi connectivity index (χ1v) is 8.46. The SMILES string of the molecule is CCCC1CN(CCC(C)S(C)=O)C(C)CN1. The predicted octanol–water partition coefficient (Wildman–Crippen LogP) is 1.61. The Morgan fingerprint density at radius 2 is 2.24 bits per heavy atom. The molecule has 1 fully saturated rings. The largest absolute Gasteiger partial charge is 0.311 e. The summed E-state index contributed by atoms with van der Waals surface area (Å²) >= 11 is 0. The number of hydrogen-bond donors (Lipinski definition) is 1. The van der Waals surface area contributed by atoms with Gasteiger partial charge in [-0.1, -0.05) is 20.3 Å². The Kier molecular flexibility index (Phi) is 6.67. The van der Waals surface area contributed by atoms with E-state index >= 15 is 0 Å². The van der Waals surface area contributed by atoms with Crippen LogP contribution >= 0.6 is 0 Å². The lowest BCUT2D eigenvalue weighted by atomic mass is 10.1. The number of piperazine rings is 1. The summed E-state index contributed by atoms with van der Waals surface area (Å²) in [4.78, 5) is 2.56. The van der Waals surface area contributed by atoms with E-state index in [0.29, 0.717) is 17.3 Å². The maximum absolute atomic E-state index is 11.3. The van der Waals surface area contributed by atoms with Crippen molar-refractivity contribution >= 4 is 10.8 Å². The molecule has 0 amide bonds. The van der Waals surface area contributed by atoms with Crippen LogP contribution in [-0.2, 0) is 10.8 Å². The molecule has 0 radical (unpaired) electrons. The summed E-state index contributed by atoms with van der Waals surface area (Å²) in [5.41, 5.74) is 0. The second-order valence-corrected chi connectivity index (χ2v) is 7.14. The van der Waals surface area contributed by atoms with Gasteiger partial charge in [-0.25, -0.2) is 0 Å². The minimum atomic E-state index is -0.680. The standard InChI is InChI=1S/C13H28N2OS/c1-5-6-13-10-15(11(2)9-14-13)8-7-12(3)17(4)16/h11-14H,5-10H2,1-4H3. The van der Waals surface area contributed by atoms with Crippen LogP contribution in [0.3, 0.4) is 0 Å². The molecule has 4 heteroatoms. The summed E-state index contributed by atoms with van der Waals surface area (Å²) in [5, 5.41) is 3.93. The summed E-state index contributed by atoms with van der Waals surface area (Å²) in [6.45, 7) is 9.94. The van der Waals surface area contributed by atoms with E-state index in [9.17, 15) is 4.21 Å². The summed E-state index contributed by atoms with van der Waals surface area (Å²) in [6, 6.07) is 1.26. The van der Waals surface area contributed by atoms with Crippen molar-refractivity contribution in [3.63, 3.8) is 0 Å². The van der Waals surface area contributed by atoms with Gasteiger partial charge >= 0.3 is 0 Å². The molecule has 1 N–H and O–H groups in total. The third-order valence-corrected chi connectivity index (χ3v) is 5.18. The average molecular weight is 260 g/mol. The number of hydrogen-bond acceptors (Lipinski definition) is 3. The molecule has 17 heavy (non-hydrogen) atoms. The molecule has 0 bridgehead atoms. The zero-order valence-electron chi connectivity index (χ0n) is 11.7. The number of rotatable bonds is 6. The van der Waals surface area contributed by atoms with Crippen molar-refractivity contribution in [2.45, 2.75) is 57.4 Å². The highest BCUT2D eigenvalue weighted by molar-refractivity contribution is 7.84. The molecule has 3 nitrogen and oxygen atoms in total. The molecule has 1 saturated heterocycles. The molecule has 1 heterocycles. The molecule has 0 aromatic rings. The lowest BCUT2D eigenvalue weighted by Crippen LogP contribution is -2.55. The van der Waals surface area contributed by atoms with Crippen LogP contribution in [0.5, 0.6) is 0 Å². The fourth-order valence-corrected chi connectivity index (χ4v) is 2.80. The van der Waals surface area contributed by atoms with Crippen molar-refractivity contribution in [1.29, 1.82) is 0 Å². The van der Waals surface area contributed by atoms with Crippen molar-refractivity contribution in [2.24, 2.45) is 0 Å². The van der Waals surface area contributed by atoms with E-state index in [1.54, 1.807) is 0 Å². The molecule has 102 valence electrons. The number of nitrogens with one attached hydrogen (secondary N) is 1. The third-order valence-electron chi connectivity index (χ3n) is 3.81. The van der Waals surface area contributed by atoms with E-state index in [1.165, 1.54) is 12.8 Å². The molecule has 4 atom stereocenters. The van der Waals surface area contributed by atoms with Crippen molar-refractivity contribution in [3.8, 4) is 0 Å². The molecule has 1 aliphatic heterocycles. The monoisotopic (exact) mass is 260 g/mol. The fourth-order valence-electron chi connectivity index (χ4n) is 2.36. The van der Waals surface area contributed by atoms with Gasteiger partial charge in [-0.05, 0) is 26.3 Å². The van der Waals surface area contributed by atoms with Gasteiger partial charge in [-0.3, -0.25) is 9.11 Å². The van der Waals surface area contributed by atoms with Gasteiger partial charge in [0.15, 0.2) is 0 Å². The quantitative estimate of drug-likeness (QED) is 0.787. The van der Waals surface area contributed by atoms with E-state index in [1.807, 2.05) is 6.26 Å². The maximum atomic E-state index is 11.3. The summed E-state index contributed by atoms with van der Waals surface area (Å²) in [6.07, 6.45) is 5.37. The Balaban J connectivity index is 2.36. The Labute approximate surface area is 109 Å². The van der Waals surface area contributed by atoms with Crippen molar-refractivity contribution in [3.05, 3.63) is 0 Å². The molecule has 4 unspecified atom stereocenters. The van der Waals surface area contributed by atoms with Gasteiger partial charge in [0.05, 0.1) is 0 Å². The summed E-state index contributed by atoms with van der Waals surface area (Å²) in [7, 11) is -0.680. The zero-order chi connectivity index (χ0) is 12.8. The second-order valence-electron chi connectivity index (χ2n) is 5.34. The highest BCUT2D eigenvalue weighted by Gasteiger charge is 2.24. The van der Waals surface area contributed by atoms with Gasteiger partial charge in [-0.15, -0.1) is 0 Å². The highest BCUT2D eigenvalue weighted by Crippen LogP contribution is 2.12. The molecule has 0 spiro atoms. The van der Waals surface area contributed by atoms with Gasteiger partial charge in [0.25, 0.3) is 0 Å². The minimum absolute atomic E-state index is 0.321. The minimum Gasteiger partial charge on any atom is -0.311 e. The third kappa shape index (κ3) is 5.06. The van der Waals surface area contributed by atoms with Crippen molar-refractivity contribution in [2.75, 3.05) is 25.9 Å². The van der Waals surface area contributed by atoms with E-state index in [4.69, 9.17) is 0 Å². The molecule has 1 aliphatic rings. The van der Waals surface area contributed by atoms with E-state index in [2.05, 4.69) is 31.0 Å². The normalized spacial score (nSPS) is 30.1. The predicted molar refractivity (Wildman–Crippen MR) is 75.9 cm³/mol. The smallest absolute Gasteiger partial charge is 0.0329 e. The Bertz CT molecular complexity index is 248. The van der Waals surface area contributed by atoms with Gasteiger partial charge < -0.3 is 5.32 Å². The van der Waals surface area contributed by atoms with E-state index < -0.39 is 10.8 Å². The van der Waals surface area contributed by atoms with Gasteiger partial charge in [0.2, 0.25) is 0 Å². The topological polar surface area (TPSA) is 32.3 Å². The molecule has 1 rings (SSSR count). The molecular weight excluding hydrogens is 232 g/mol. The maximum Gasteiger partial charge on any atom is 0.0329 e. The van der Waals surface area contributed by atoms with E-state index in [-0.39, 0.29) is 0 Å². The zero-order valence-corrected chi connectivity index (χ0v) is 12.6. The van der Waals surface area contributed by atoms with Crippen LogP contribution in [0.1, 0.15) is 40.0 Å². The first-order chi connectivity index (χ1) is 8.04. The Hall–Kier alpha value is 0.0700. The number of nitrogens with zero attached hydrogens (tertiary/aromatic N) is 1. The van der Waals surface area contributed by atoms with Gasteiger partial charge in [0, 0.05) is 47.5 Å². The van der Waals surface area contributed by atoms with Crippen LogP contribution in [0, 0.1) is 0 Å². The Morgan fingerprint density at radius 1 is 1.53 bits per heavy atom. The molecule has 0 aromatic carbocycles. The van der Waals surface area contributed by atoms with Crippen molar-refractivity contribution in [1.82, 2.24) is 10.2 Å². The highest BCUT2D eigenvalue weighted by atomic mass is 32.2. The van der Waals surface area contributed by atoms with Crippen LogP contribution < -0.4 is 5.32 Å². The average Bonchev–Trinajstić information content (AvgIpc) is 2.29. The van der Waals surface area contributed by atoms with Crippen LogP contribution in [0.2, 0.25) is 0 Å². The van der Waals surface area contributed by atoms with Crippen LogP contribution in [0.4, 0.5) is 0 Å². The summed E-state index contributed by atoms with van der Waals surface area (Å²) in [5.74, 6) is 0. The first kappa shape index (κ1) is 15.1.